The Morgan fingerprint density at radius 3 is 2.65 bits per heavy atom. The molecule has 124 valence electrons. The molecule has 1 heterocycles. The maximum atomic E-state index is 12.1. The SMILES string of the molecule is Cc1csc(=O)n1CCC(=O)N(C)CCOc1ccc(Cl)cc1. The molecule has 1 amide bonds. The Balaban J connectivity index is 1.74. The van der Waals surface area contributed by atoms with Crippen molar-refractivity contribution < 1.29 is 9.53 Å². The zero-order valence-electron chi connectivity index (χ0n) is 13.1. The third-order valence-electron chi connectivity index (χ3n) is 3.46. The molecule has 23 heavy (non-hydrogen) atoms. The van der Waals surface area contributed by atoms with Crippen molar-refractivity contribution in [1.29, 1.82) is 0 Å². The van der Waals surface area contributed by atoms with E-state index in [-0.39, 0.29) is 10.8 Å². The molecule has 1 aromatic carbocycles. The van der Waals surface area contributed by atoms with E-state index in [2.05, 4.69) is 0 Å². The first-order chi connectivity index (χ1) is 11.0. The van der Waals surface area contributed by atoms with E-state index in [1.54, 1.807) is 46.2 Å². The van der Waals surface area contributed by atoms with Crippen LogP contribution in [0.25, 0.3) is 0 Å². The molecule has 0 unspecified atom stereocenters. The molecule has 0 atom stereocenters. The van der Waals surface area contributed by atoms with Crippen LogP contribution >= 0.6 is 22.9 Å². The van der Waals surface area contributed by atoms with E-state index in [1.807, 2.05) is 6.92 Å². The number of hydrogen-bond acceptors (Lipinski definition) is 4. The van der Waals surface area contributed by atoms with Crippen molar-refractivity contribution >= 4 is 28.8 Å². The Hall–Kier alpha value is -1.79. The van der Waals surface area contributed by atoms with Crippen molar-refractivity contribution in [3.63, 3.8) is 0 Å². The number of carbonyl (C=O) groups excluding carboxylic acids is 1. The van der Waals surface area contributed by atoms with Gasteiger partial charge in [-0.05, 0) is 31.2 Å². The number of thiazole rings is 1. The Kier molecular flexibility index (Phi) is 6.24. The van der Waals surface area contributed by atoms with Crippen LogP contribution in [0.4, 0.5) is 0 Å². The summed E-state index contributed by atoms with van der Waals surface area (Å²) in [5.74, 6) is 0.706. The van der Waals surface area contributed by atoms with Gasteiger partial charge in [0, 0.05) is 36.1 Å². The molecular weight excluding hydrogens is 336 g/mol. The topological polar surface area (TPSA) is 51.5 Å². The number of rotatable bonds is 7. The Morgan fingerprint density at radius 1 is 1.35 bits per heavy atom. The molecule has 0 N–H and O–H groups in total. The number of likely N-dealkylation sites (N-methyl/N-ethyl adjacent to an activating group) is 1. The van der Waals surface area contributed by atoms with E-state index in [1.165, 1.54) is 0 Å². The maximum absolute atomic E-state index is 12.1. The minimum absolute atomic E-state index is 0.0118. The summed E-state index contributed by atoms with van der Waals surface area (Å²) in [5, 5.41) is 2.46. The van der Waals surface area contributed by atoms with Crippen LogP contribution in [0.3, 0.4) is 0 Å². The highest BCUT2D eigenvalue weighted by atomic mass is 35.5. The molecule has 0 aliphatic heterocycles. The highest BCUT2D eigenvalue weighted by Crippen LogP contribution is 2.15. The van der Waals surface area contributed by atoms with Crippen molar-refractivity contribution in [3.8, 4) is 5.75 Å². The monoisotopic (exact) mass is 354 g/mol. The summed E-state index contributed by atoms with van der Waals surface area (Å²) in [6, 6.07) is 7.09. The van der Waals surface area contributed by atoms with Gasteiger partial charge in [0.05, 0.1) is 6.54 Å². The molecule has 0 bridgehead atoms. The molecule has 0 saturated carbocycles. The molecule has 2 aromatic rings. The van der Waals surface area contributed by atoms with Crippen LogP contribution in [0.15, 0.2) is 34.4 Å². The van der Waals surface area contributed by atoms with E-state index >= 15 is 0 Å². The number of ether oxygens (including phenoxy) is 1. The van der Waals surface area contributed by atoms with E-state index in [0.29, 0.717) is 31.1 Å². The van der Waals surface area contributed by atoms with Gasteiger partial charge < -0.3 is 14.2 Å². The normalized spacial score (nSPS) is 10.6. The molecule has 0 aliphatic rings. The van der Waals surface area contributed by atoms with Crippen LogP contribution in [0.5, 0.6) is 5.75 Å². The lowest BCUT2D eigenvalue weighted by Crippen LogP contribution is -2.32. The average Bonchev–Trinajstić information content (AvgIpc) is 2.85. The molecule has 0 aliphatic carbocycles. The second-order valence-electron chi connectivity index (χ2n) is 5.16. The number of aromatic nitrogens is 1. The maximum Gasteiger partial charge on any atom is 0.307 e. The van der Waals surface area contributed by atoms with Gasteiger partial charge in [0.15, 0.2) is 0 Å². The largest absolute Gasteiger partial charge is 0.492 e. The van der Waals surface area contributed by atoms with E-state index in [9.17, 15) is 9.59 Å². The predicted octanol–water partition coefficient (Wildman–Crippen LogP) is 2.80. The van der Waals surface area contributed by atoms with Gasteiger partial charge in [-0.3, -0.25) is 9.59 Å². The highest BCUT2D eigenvalue weighted by molar-refractivity contribution is 7.07. The number of halogens is 1. The average molecular weight is 355 g/mol. The van der Waals surface area contributed by atoms with Gasteiger partial charge in [-0.15, -0.1) is 0 Å². The third kappa shape index (κ3) is 5.11. The molecule has 0 fully saturated rings. The quantitative estimate of drug-likeness (QED) is 0.768. The van der Waals surface area contributed by atoms with Crippen LogP contribution in [0.2, 0.25) is 5.02 Å². The second kappa shape index (κ2) is 8.17. The first kappa shape index (κ1) is 17.6. The lowest BCUT2D eigenvalue weighted by molar-refractivity contribution is -0.130. The standard InChI is InChI=1S/C16H19ClN2O3S/c1-12-11-23-16(21)19(12)8-7-15(20)18(2)9-10-22-14-5-3-13(17)4-6-14/h3-6,11H,7-10H2,1-2H3. The number of nitrogens with zero attached hydrogens (tertiary/aromatic N) is 2. The van der Waals surface area contributed by atoms with Gasteiger partial charge in [-0.2, -0.15) is 0 Å². The van der Waals surface area contributed by atoms with Crippen LogP contribution in [-0.2, 0) is 11.3 Å². The minimum Gasteiger partial charge on any atom is -0.492 e. The molecular formula is C16H19ClN2O3S. The van der Waals surface area contributed by atoms with Gasteiger partial charge >= 0.3 is 4.87 Å². The number of benzene rings is 1. The first-order valence-corrected chi connectivity index (χ1v) is 8.50. The summed E-state index contributed by atoms with van der Waals surface area (Å²) in [6.07, 6.45) is 0.301. The number of amides is 1. The van der Waals surface area contributed by atoms with Gasteiger partial charge in [-0.1, -0.05) is 22.9 Å². The third-order valence-corrected chi connectivity index (χ3v) is 4.59. The smallest absolute Gasteiger partial charge is 0.307 e. The van der Waals surface area contributed by atoms with Crippen LogP contribution in [0.1, 0.15) is 12.1 Å². The van der Waals surface area contributed by atoms with E-state index < -0.39 is 0 Å². The van der Waals surface area contributed by atoms with Gasteiger partial charge in [0.2, 0.25) is 5.91 Å². The minimum atomic E-state index is -0.0241. The molecule has 0 radical (unpaired) electrons. The van der Waals surface area contributed by atoms with Gasteiger partial charge in [-0.25, -0.2) is 0 Å². The summed E-state index contributed by atoms with van der Waals surface area (Å²) in [4.78, 5) is 25.3. The number of aryl methyl sites for hydroxylation is 1. The summed E-state index contributed by atoms with van der Waals surface area (Å²) >= 11 is 6.96. The molecule has 5 nitrogen and oxygen atoms in total. The number of carbonyl (C=O) groups is 1. The molecule has 0 spiro atoms. The molecule has 0 saturated heterocycles. The van der Waals surface area contributed by atoms with Crippen molar-refractivity contribution in [1.82, 2.24) is 9.47 Å². The van der Waals surface area contributed by atoms with E-state index in [0.717, 1.165) is 22.8 Å². The molecule has 2 rings (SSSR count). The fourth-order valence-corrected chi connectivity index (χ4v) is 2.92. The van der Waals surface area contributed by atoms with Gasteiger partial charge in [0.25, 0.3) is 0 Å². The van der Waals surface area contributed by atoms with Crippen LogP contribution < -0.4 is 9.61 Å². The zero-order chi connectivity index (χ0) is 16.8. The van der Waals surface area contributed by atoms with Crippen molar-refractivity contribution in [2.24, 2.45) is 0 Å². The fourth-order valence-electron chi connectivity index (χ4n) is 2.03. The van der Waals surface area contributed by atoms with Gasteiger partial charge in [0.1, 0.15) is 12.4 Å². The lowest BCUT2D eigenvalue weighted by Gasteiger charge is -2.17. The van der Waals surface area contributed by atoms with E-state index in [4.69, 9.17) is 16.3 Å². The van der Waals surface area contributed by atoms with Crippen LogP contribution in [0, 0.1) is 6.92 Å². The summed E-state index contributed by atoms with van der Waals surface area (Å²) in [6.45, 7) is 3.17. The summed E-state index contributed by atoms with van der Waals surface area (Å²) < 4.78 is 7.19. The van der Waals surface area contributed by atoms with Crippen molar-refractivity contribution in [2.75, 3.05) is 20.2 Å². The Bertz CT molecular complexity index is 709. The summed E-state index contributed by atoms with van der Waals surface area (Å²) in [5.41, 5.74) is 0.890. The Morgan fingerprint density at radius 2 is 2.04 bits per heavy atom. The summed E-state index contributed by atoms with van der Waals surface area (Å²) in [7, 11) is 1.73. The lowest BCUT2D eigenvalue weighted by atomic mass is 10.3. The molecule has 1 aromatic heterocycles. The fraction of sp³-hybridized carbons (Fsp3) is 0.375. The van der Waals surface area contributed by atoms with Crippen molar-refractivity contribution in [2.45, 2.75) is 19.9 Å². The molecule has 7 heteroatoms. The number of hydrogen-bond donors (Lipinski definition) is 0. The zero-order valence-corrected chi connectivity index (χ0v) is 14.7. The Labute approximate surface area is 144 Å². The van der Waals surface area contributed by atoms with Crippen molar-refractivity contribution in [3.05, 3.63) is 50.0 Å². The second-order valence-corrected chi connectivity index (χ2v) is 6.42. The van der Waals surface area contributed by atoms with Crippen LogP contribution in [-0.4, -0.2) is 35.6 Å². The highest BCUT2D eigenvalue weighted by Gasteiger charge is 2.11. The predicted molar refractivity (Wildman–Crippen MR) is 92.5 cm³/mol. The first-order valence-electron chi connectivity index (χ1n) is 7.24.